The zero-order chi connectivity index (χ0) is 25.8. The van der Waals surface area contributed by atoms with Crippen LogP contribution in [-0.2, 0) is 29.0 Å². The van der Waals surface area contributed by atoms with E-state index in [1.807, 2.05) is 6.92 Å². The summed E-state index contributed by atoms with van der Waals surface area (Å²) in [4.78, 5) is 53.5. The number of aliphatic carboxylic acids is 1. The average molecular weight is 530 g/mol. The van der Waals surface area contributed by atoms with Gasteiger partial charge in [0.25, 0.3) is 0 Å². The van der Waals surface area contributed by atoms with E-state index in [9.17, 15) is 32.7 Å². The third-order valence-corrected chi connectivity index (χ3v) is 10.1. The molecule has 0 radical (unpaired) electrons. The molecule has 14 heteroatoms. The Labute approximate surface area is 208 Å². The number of nitrogens with zero attached hydrogens (tertiary/aromatic N) is 2. The third kappa shape index (κ3) is 4.68. The molecule has 0 aromatic heterocycles. The van der Waals surface area contributed by atoms with Crippen LogP contribution in [-0.4, -0.2) is 109 Å². The van der Waals surface area contributed by atoms with Gasteiger partial charge in [0, 0.05) is 42.8 Å². The van der Waals surface area contributed by atoms with E-state index in [2.05, 4.69) is 16.0 Å². The number of sulfone groups is 1. The van der Waals surface area contributed by atoms with Crippen LogP contribution in [0.3, 0.4) is 0 Å². The molecule has 7 atom stereocenters. The van der Waals surface area contributed by atoms with Gasteiger partial charge in [-0.1, -0.05) is 6.92 Å². The summed E-state index contributed by atoms with van der Waals surface area (Å²) >= 11 is 1.40. The molecule has 3 amide bonds. The Balaban J connectivity index is 1.45. The highest BCUT2D eigenvalue weighted by Gasteiger charge is 2.60. The molecule has 0 bridgehead atoms. The van der Waals surface area contributed by atoms with Crippen molar-refractivity contribution in [2.75, 3.05) is 32.3 Å². The van der Waals surface area contributed by atoms with Gasteiger partial charge < -0.3 is 25.5 Å². The SMILES string of the molecule is C[C@@H](NC(=O)[C@H]1CS(=O)(=O)CN1)[C@H]1C(=O)N2C(C(=O)O)=C(S[C@@H]3CN[C@H](C(=O)N(C)C)C3)[C@H](C)[C@@H]12. The Morgan fingerprint density at radius 2 is 1.91 bits per heavy atom. The van der Waals surface area contributed by atoms with Crippen LogP contribution in [0.15, 0.2) is 10.6 Å². The number of thioether (sulfide) groups is 1. The summed E-state index contributed by atoms with van der Waals surface area (Å²) in [7, 11) is 0.0525. The molecule has 4 N–H and O–H groups in total. The van der Waals surface area contributed by atoms with Crippen LogP contribution in [0.1, 0.15) is 20.3 Å². The van der Waals surface area contributed by atoms with Gasteiger partial charge in [-0.15, -0.1) is 11.8 Å². The number of carboxylic acids is 1. The Hall–Kier alpha value is -2.16. The van der Waals surface area contributed by atoms with Gasteiger partial charge in [-0.25, -0.2) is 13.2 Å². The van der Waals surface area contributed by atoms with Crippen molar-refractivity contribution >= 4 is 45.3 Å². The zero-order valence-corrected chi connectivity index (χ0v) is 21.6. The predicted molar refractivity (Wildman–Crippen MR) is 128 cm³/mol. The smallest absolute Gasteiger partial charge is 0.353 e. The topological polar surface area (TPSA) is 165 Å². The minimum Gasteiger partial charge on any atom is -0.477 e. The molecule has 0 aromatic carbocycles. The summed E-state index contributed by atoms with van der Waals surface area (Å²) in [5, 5.41) is 18.5. The minimum absolute atomic E-state index is 0.0181. The van der Waals surface area contributed by atoms with Gasteiger partial charge in [0.2, 0.25) is 17.7 Å². The number of likely N-dealkylation sites (N-methyl/N-ethyl adjacent to an activating group) is 1. The highest BCUT2D eigenvalue weighted by Crippen LogP contribution is 2.51. The standard InChI is InChI=1S/C21H31N5O7S2/c1-9-15-14(10(2)24-18(27)13-7-35(32,33)8-23-13)20(29)26(15)16(21(30)31)17(9)34-11-5-12(22-6-11)19(28)25(3)4/h9-15,22-23H,5-8H2,1-4H3,(H,24,27)(H,30,31)/t9-,10-,11+,12+,13-,14-,15+/m1/s1. The maximum atomic E-state index is 13.0. The molecule has 3 fully saturated rings. The van der Waals surface area contributed by atoms with Crippen LogP contribution in [0, 0.1) is 11.8 Å². The van der Waals surface area contributed by atoms with Crippen LogP contribution < -0.4 is 16.0 Å². The van der Waals surface area contributed by atoms with Crippen LogP contribution in [0.4, 0.5) is 0 Å². The second-order valence-corrected chi connectivity index (χ2v) is 13.3. The van der Waals surface area contributed by atoms with Crippen molar-refractivity contribution in [3.63, 3.8) is 0 Å². The number of fused-ring (bicyclic) bond motifs is 1. The molecule has 194 valence electrons. The van der Waals surface area contributed by atoms with E-state index >= 15 is 0 Å². The fourth-order valence-electron chi connectivity index (χ4n) is 5.35. The van der Waals surface area contributed by atoms with E-state index in [1.165, 1.54) is 21.6 Å². The van der Waals surface area contributed by atoms with Gasteiger partial charge in [0.1, 0.15) is 11.7 Å². The average Bonchev–Trinajstić information content (AvgIpc) is 3.44. The normalized spacial score (nSPS) is 34.4. The van der Waals surface area contributed by atoms with Crippen molar-refractivity contribution in [2.45, 2.75) is 49.7 Å². The van der Waals surface area contributed by atoms with Crippen LogP contribution >= 0.6 is 11.8 Å². The molecule has 4 rings (SSSR count). The molecular formula is C21H31N5O7S2. The summed E-state index contributed by atoms with van der Waals surface area (Å²) in [6, 6.07) is -2.22. The molecule has 0 saturated carbocycles. The van der Waals surface area contributed by atoms with Gasteiger partial charge in [-0.3, -0.25) is 19.7 Å². The maximum Gasteiger partial charge on any atom is 0.353 e. The Bertz CT molecular complexity index is 1090. The molecule has 0 aromatic rings. The van der Waals surface area contributed by atoms with Gasteiger partial charge >= 0.3 is 5.97 Å². The lowest BCUT2D eigenvalue weighted by Crippen LogP contribution is -2.66. The van der Waals surface area contributed by atoms with E-state index in [0.29, 0.717) is 17.9 Å². The molecule has 35 heavy (non-hydrogen) atoms. The van der Waals surface area contributed by atoms with E-state index < -0.39 is 45.8 Å². The zero-order valence-electron chi connectivity index (χ0n) is 20.0. The van der Waals surface area contributed by atoms with Crippen LogP contribution in [0.5, 0.6) is 0 Å². The summed E-state index contributed by atoms with van der Waals surface area (Å²) in [5.74, 6) is -3.53. The number of amides is 3. The van der Waals surface area contributed by atoms with E-state index in [0.717, 1.165) is 0 Å². The summed E-state index contributed by atoms with van der Waals surface area (Å²) in [6.07, 6.45) is 0.552. The lowest BCUT2D eigenvalue weighted by atomic mass is 9.78. The number of carbonyl (C=O) groups excluding carboxylic acids is 3. The molecule has 12 nitrogen and oxygen atoms in total. The van der Waals surface area contributed by atoms with E-state index in [1.54, 1.807) is 21.0 Å². The van der Waals surface area contributed by atoms with E-state index in [4.69, 9.17) is 0 Å². The molecule has 0 unspecified atom stereocenters. The number of hydrogen-bond acceptors (Lipinski definition) is 9. The van der Waals surface area contributed by atoms with Crippen LogP contribution in [0.2, 0.25) is 0 Å². The van der Waals surface area contributed by atoms with Crippen LogP contribution in [0.25, 0.3) is 0 Å². The highest BCUT2D eigenvalue weighted by molar-refractivity contribution is 8.03. The molecule has 4 heterocycles. The fraction of sp³-hybridized carbons (Fsp3) is 0.714. The first kappa shape index (κ1) is 25.9. The van der Waals surface area contributed by atoms with Crippen molar-refractivity contribution in [1.29, 1.82) is 0 Å². The lowest BCUT2D eigenvalue weighted by Gasteiger charge is -2.47. The van der Waals surface area contributed by atoms with Gasteiger partial charge in [-0.05, 0) is 13.3 Å². The Morgan fingerprint density at radius 1 is 1.23 bits per heavy atom. The molecular weight excluding hydrogens is 498 g/mol. The summed E-state index contributed by atoms with van der Waals surface area (Å²) in [6.45, 7) is 4.10. The first-order valence-corrected chi connectivity index (χ1v) is 14.2. The predicted octanol–water partition coefficient (Wildman–Crippen LogP) is -1.84. The van der Waals surface area contributed by atoms with Gasteiger partial charge in [0.15, 0.2) is 9.84 Å². The largest absolute Gasteiger partial charge is 0.477 e. The maximum absolute atomic E-state index is 13.0. The lowest BCUT2D eigenvalue weighted by molar-refractivity contribution is -0.158. The molecule has 4 aliphatic rings. The van der Waals surface area contributed by atoms with E-state index in [-0.39, 0.29) is 46.4 Å². The Morgan fingerprint density at radius 3 is 2.49 bits per heavy atom. The summed E-state index contributed by atoms with van der Waals surface area (Å²) < 4.78 is 23.3. The second-order valence-electron chi connectivity index (χ2n) is 9.81. The minimum atomic E-state index is -3.32. The molecule has 0 aliphatic carbocycles. The monoisotopic (exact) mass is 529 g/mol. The van der Waals surface area contributed by atoms with Gasteiger partial charge in [0.05, 0.1) is 29.6 Å². The van der Waals surface area contributed by atoms with Crippen molar-refractivity contribution in [1.82, 2.24) is 25.8 Å². The number of carbonyl (C=O) groups is 4. The van der Waals surface area contributed by atoms with Gasteiger partial charge in [-0.2, -0.15) is 0 Å². The number of nitrogens with one attached hydrogen (secondary N) is 3. The van der Waals surface area contributed by atoms with Crippen molar-refractivity contribution in [3.8, 4) is 0 Å². The highest BCUT2D eigenvalue weighted by atomic mass is 32.2. The quantitative estimate of drug-likeness (QED) is 0.275. The number of carboxylic acid groups (broad SMARTS) is 1. The third-order valence-electron chi connectivity index (χ3n) is 7.11. The molecule has 4 aliphatic heterocycles. The Kier molecular flexibility index (Phi) is 6.94. The molecule has 3 saturated heterocycles. The summed E-state index contributed by atoms with van der Waals surface area (Å²) in [5.41, 5.74) is -0.0294. The first-order chi connectivity index (χ1) is 16.3. The van der Waals surface area contributed by atoms with Crippen molar-refractivity contribution in [3.05, 3.63) is 10.6 Å². The molecule has 0 spiro atoms. The van der Waals surface area contributed by atoms with Crippen molar-refractivity contribution < 1.29 is 32.7 Å². The van der Waals surface area contributed by atoms with Crippen molar-refractivity contribution in [2.24, 2.45) is 11.8 Å². The number of hydrogen-bond donors (Lipinski definition) is 4. The second kappa shape index (κ2) is 9.37. The number of β-lactam (4-membered cyclic amide) rings is 1. The number of rotatable bonds is 7. The fourth-order valence-corrected chi connectivity index (χ4v) is 8.18. The first-order valence-electron chi connectivity index (χ1n) is 11.5.